The number of carbonyl (C=O) groups is 2. The van der Waals surface area contributed by atoms with Crippen LogP contribution >= 0.6 is 0 Å². The zero-order chi connectivity index (χ0) is 40.4. The fraction of sp³-hybridized carbons (Fsp3) is 0.200. The van der Waals surface area contributed by atoms with Gasteiger partial charge in [-0.05, 0) is 69.5 Å². The van der Waals surface area contributed by atoms with Gasteiger partial charge in [0.05, 0.1) is 43.7 Å². The fourth-order valence-corrected chi connectivity index (χ4v) is 5.25. The maximum atomic E-state index is 14.1. The molecule has 0 saturated heterocycles. The molecule has 2 atom stereocenters. The number of hydrogen-bond acceptors (Lipinski definition) is 14. The molecular weight excluding hydrogens is 720 g/mol. The summed E-state index contributed by atoms with van der Waals surface area (Å²) >= 11 is 0. The molecule has 0 heterocycles. The van der Waals surface area contributed by atoms with Gasteiger partial charge in [0.15, 0.2) is 0 Å². The van der Waals surface area contributed by atoms with E-state index >= 15 is 0 Å². The lowest BCUT2D eigenvalue weighted by Gasteiger charge is -2.24. The van der Waals surface area contributed by atoms with Crippen LogP contribution in [0.25, 0.3) is 0 Å². The Morgan fingerprint density at radius 1 is 0.564 bits per heavy atom. The van der Waals surface area contributed by atoms with Crippen molar-refractivity contribution in [3.8, 4) is 0 Å². The Balaban J connectivity index is 1.78. The summed E-state index contributed by atoms with van der Waals surface area (Å²) in [6.07, 6.45) is -0.311. The van der Waals surface area contributed by atoms with Crippen molar-refractivity contribution >= 4 is 68.7 Å². The summed E-state index contributed by atoms with van der Waals surface area (Å²) in [5.74, 6) is -3.74. The molecule has 20 nitrogen and oxygen atoms in total. The highest BCUT2D eigenvalue weighted by Gasteiger charge is 2.33. The van der Waals surface area contributed by atoms with Crippen LogP contribution in [0.4, 0.5) is 45.5 Å². The molecule has 4 N–H and O–H groups in total. The number of amides is 2. The lowest BCUT2D eigenvalue weighted by molar-refractivity contribution is -0.393. The summed E-state index contributed by atoms with van der Waals surface area (Å²) in [6.45, 7) is 6.40. The Labute approximate surface area is 311 Å². The van der Waals surface area contributed by atoms with Gasteiger partial charge in [-0.1, -0.05) is 36.4 Å². The van der Waals surface area contributed by atoms with Crippen molar-refractivity contribution in [2.75, 3.05) is 21.5 Å². The van der Waals surface area contributed by atoms with Crippen molar-refractivity contribution in [1.29, 1.82) is 0 Å². The van der Waals surface area contributed by atoms with E-state index in [4.69, 9.17) is 0 Å². The molecule has 0 bridgehead atoms. The maximum Gasteiger partial charge on any atom is 0.301 e. The standard InChI is InChI=1S/C35H34N10O10/c1-20-9-5-7-11-28(20)36-34(46)26(22(3)38-40-30-15-13-24(42(48)49)17-32(30)44(52)53)19-27(35(47)37-29-12-8-6-10-21(29)2)23(4)39-41-31-16-14-25(43(50)51)18-33(31)45(54)55/h5-18,26-27,40-41H,19H2,1-4H3,(H,36,46)(H,37,47)/b38-22+,39-23+/t26-,27-/m0/s1. The zero-order valence-corrected chi connectivity index (χ0v) is 29.7. The molecule has 0 saturated carbocycles. The van der Waals surface area contributed by atoms with Gasteiger partial charge in [0, 0.05) is 34.9 Å². The normalized spacial score (nSPS) is 12.5. The molecule has 0 unspecified atom stereocenters. The van der Waals surface area contributed by atoms with Crippen LogP contribution in [0.15, 0.2) is 95.1 Å². The molecule has 0 aliphatic carbocycles. The van der Waals surface area contributed by atoms with E-state index in [0.29, 0.717) is 22.5 Å². The number of nitro groups is 4. The lowest BCUT2D eigenvalue weighted by Crippen LogP contribution is -2.37. The fourth-order valence-electron chi connectivity index (χ4n) is 5.25. The van der Waals surface area contributed by atoms with E-state index in [1.165, 1.54) is 13.8 Å². The number of nitro benzene ring substituents is 4. The van der Waals surface area contributed by atoms with Gasteiger partial charge < -0.3 is 10.6 Å². The van der Waals surface area contributed by atoms with E-state index in [0.717, 1.165) is 36.4 Å². The van der Waals surface area contributed by atoms with E-state index in [9.17, 15) is 50.0 Å². The second-order valence-corrected chi connectivity index (χ2v) is 12.1. The molecule has 4 rings (SSSR count). The summed E-state index contributed by atoms with van der Waals surface area (Å²) in [5.41, 5.74) is 4.63. The van der Waals surface area contributed by atoms with Crippen molar-refractivity contribution in [1.82, 2.24) is 0 Å². The van der Waals surface area contributed by atoms with Gasteiger partial charge in [-0.25, -0.2) is 0 Å². The van der Waals surface area contributed by atoms with Crippen LogP contribution in [-0.4, -0.2) is 42.9 Å². The van der Waals surface area contributed by atoms with Crippen molar-refractivity contribution in [2.24, 2.45) is 22.0 Å². The molecule has 0 spiro atoms. The number of aryl methyl sites for hydroxylation is 2. The van der Waals surface area contributed by atoms with Gasteiger partial charge in [0.1, 0.15) is 11.4 Å². The van der Waals surface area contributed by atoms with Crippen LogP contribution in [0.2, 0.25) is 0 Å². The summed E-state index contributed by atoms with van der Waals surface area (Å²) in [5, 5.41) is 60.1. The predicted molar refractivity (Wildman–Crippen MR) is 204 cm³/mol. The summed E-state index contributed by atoms with van der Waals surface area (Å²) in [4.78, 5) is 70.9. The topological polar surface area (TPSA) is 280 Å². The van der Waals surface area contributed by atoms with Crippen LogP contribution in [-0.2, 0) is 9.59 Å². The van der Waals surface area contributed by atoms with Crippen molar-refractivity contribution in [2.45, 2.75) is 34.1 Å². The van der Waals surface area contributed by atoms with Crippen LogP contribution in [0.5, 0.6) is 0 Å². The summed E-state index contributed by atoms with van der Waals surface area (Å²) in [6, 6.07) is 19.5. The molecule has 55 heavy (non-hydrogen) atoms. The average Bonchev–Trinajstić information content (AvgIpc) is 3.14. The number of nitrogens with one attached hydrogen (secondary N) is 4. The Morgan fingerprint density at radius 3 is 1.25 bits per heavy atom. The predicted octanol–water partition coefficient (Wildman–Crippen LogP) is 7.11. The molecule has 0 aromatic heterocycles. The Bertz CT molecular complexity index is 2090. The first-order valence-corrected chi connectivity index (χ1v) is 16.3. The third-order valence-corrected chi connectivity index (χ3v) is 8.40. The summed E-state index contributed by atoms with van der Waals surface area (Å²) in [7, 11) is 0. The molecule has 0 fully saturated rings. The van der Waals surface area contributed by atoms with E-state index in [-0.39, 0.29) is 29.2 Å². The number of hydrazone groups is 2. The molecule has 0 aliphatic rings. The summed E-state index contributed by atoms with van der Waals surface area (Å²) < 4.78 is 0. The number of rotatable bonds is 16. The van der Waals surface area contributed by atoms with Gasteiger partial charge in [-0.15, -0.1) is 0 Å². The minimum absolute atomic E-state index is 0.0409. The highest BCUT2D eigenvalue weighted by atomic mass is 16.6. The minimum Gasteiger partial charge on any atom is -0.325 e. The molecule has 2 amide bonds. The van der Waals surface area contributed by atoms with Gasteiger partial charge in [-0.2, -0.15) is 10.2 Å². The second-order valence-electron chi connectivity index (χ2n) is 12.1. The van der Waals surface area contributed by atoms with Crippen molar-refractivity contribution in [3.05, 3.63) is 137 Å². The van der Waals surface area contributed by atoms with E-state index in [1.54, 1.807) is 62.4 Å². The number of carbonyl (C=O) groups excluding carboxylic acids is 2. The van der Waals surface area contributed by atoms with E-state index in [1.807, 2.05) is 0 Å². The van der Waals surface area contributed by atoms with E-state index < -0.39 is 66.1 Å². The van der Waals surface area contributed by atoms with Gasteiger partial charge in [-0.3, -0.25) is 60.9 Å². The van der Waals surface area contributed by atoms with Gasteiger partial charge in [0.25, 0.3) is 11.4 Å². The van der Waals surface area contributed by atoms with Crippen LogP contribution in [0.3, 0.4) is 0 Å². The third kappa shape index (κ3) is 10.2. The number of anilines is 4. The number of para-hydroxylation sites is 2. The van der Waals surface area contributed by atoms with Crippen LogP contribution < -0.4 is 21.5 Å². The number of hydrogen-bond donors (Lipinski definition) is 4. The second kappa shape index (κ2) is 17.7. The number of benzene rings is 4. The molecular formula is C35H34N10O10. The Morgan fingerprint density at radius 2 is 0.927 bits per heavy atom. The SMILES string of the molecule is C/C(=N\Nc1ccc([N+](=O)[O-])cc1[N+](=O)[O-])[C@H](C[C@H](C(=O)Nc1ccccc1C)/C(C)=N/Nc1ccc([N+](=O)[O-])cc1[N+](=O)[O-])C(=O)Nc1ccccc1C. The largest absolute Gasteiger partial charge is 0.325 e. The van der Waals surface area contributed by atoms with Crippen LogP contribution in [0, 0.1) is 66.1 Å². The number of nitrogens with zero attached hydrogens (tertiary/aromatic N) is 6. The Kier molecular flexibility index (Phi) is 12.9. The zero-order valence-electron chi connectivity index (χ0n) is 29.7. The number of non-ortho nitro benzene ring substituents is 2. The first-order valence-electron chi connectivity index (χ1n) is 16.3. The maximum absolute atomic E-state index is 14.1. The van der Waals surface area contributed by atoms with E-state index in [2.05, 4.69) is 31.7 Å². The van der Waals surface area contributed by atoms with Crippen molar-refractivity contribution < 1.29 is 29.3 Å². The molecule has 20 heteroatoms. The molecule has 0 radical (unpaired) electrons. The first-order chi connectivity index (χ1) is 26.1. The first kappa shape index (κ1) is 40.1. The lowest BCUT2D eigenvalue weighted by atomic mass is 9.87. The third-order valence-electron chi connectivity index (χ3n) is 8.40. The molecule has 4 aromatic rings. The monoisotopic (exact) mass is 754 g/mol. The molecule has 284 valence electrons. The molecule has 0 aliphatic heterocycles. The van der Waals surface area contributed by atoms with Crippen LogP contribution in [0.1, 0.15) is 31.4 Å². The smallest absolute Gasteiger partial charge is 0.301 e. The van der Waals surface area contributed by atoms with Crippen molar-refractivity contribution in [3.63, 3.8) is 0 Å². The quantitative estimate of drug-likeness (QED) is 0.0506. The highest BCUT2D eigenvalue weighted by molar-refractivity contribution is 6.12. The van der Waals surface area contributed by atoms with Gasteiger partial charge in [0.2, 0.25) is 11.8 Å². The Hall–Kier alpha value is -7.64. The minimum atomic E-state index is -1.24. The van der Waals surface area contributed by atoms with Gasteiger partial charge >= 0.3 is 11.4 Å². The molecule has 4 aromatic carbocycles. The average molecular weight is 755 g/mol. The highest BCUT2D eigenvalue weighted by Crippen LogP contribution is 2.31.